The summed E-state index contributed by atoms with van der Waals surface area (Å²) >= 11 is 0. The van der Waals surface area contributed by atoms with Crippen LogP contribution in [0.1, 0.15) is 11.1 Å². The molecule has 2 rings (SSSR count). The van der Waals surface area contributed by atoms with E-state index in [-0.39, 0.29) is 5.96 Å². The maximum atomic E-state index is 5.85. The van der Waals surface area contributed by atoms with Gasteiger partial charge in [0.15, 0.2) is 5.96 Å². The van der Waals surface area contributed by atoms with Crippen LogP contribution < -0.4 is 16.2 Å². The third-order valence-electron chi connectivity index (χ3n) is 2.65. The van der Waals surface area contributed by atoms with Crippen LogP contribution in [0.4, 0.5) is 0 Å². The van der Waals surface area contributed by atoms with Crippen molar-refractivity contribution < 1.29 is 4.74 Å². The van der Waals surface area contributed by atoms with Gasteiger partial charge in [0.2, 0.25) is 0 Å². The molecule has 0 aliphatic rings. The number of para-hydroxylation sites is 1. The maximum absolute atomic E-state index is 5.85. The maximum Gasteiger partial charge on any atom is 0.186 e. The van der Waals surface area contributed by atoms with Crippen molar-refractivity contribution in [3.63, 3.8) is 0 Å². The van der Waals surface area contributed by atoms with E-state index in [9.17, 15) is 0 Å². The highest BCUT2D eigenvalue weighted by Gasteiger charge is 2.03. The SMILES string of the molecule is Cc1ccc(Oc2ccccc2CN=C(N)N)cc1. The van der Waals surface area contributed by atoms with E-state index < -0.39 is 0 Å². The van der Waals surface area contributed by atoms with Crippen LogP contribution in [-0.2, 0) is 6.54 Å². The Morgan fingerprint density at radius 1 is 1.05 bits per heavy atom. The Balaban J connectivity index is 2.20. The standard InChI is InChI=1S/C15H17N3O/c1-11-6-8-13(9-7-11)19-14-5-3-2-4-12(14)10-18-15(16)17/h2-9H,10H2,1H3,(H4,16,17,18). The topological polar surface area (TPSA) is 73.6 Å². The minimum absolute atomic E-state index is 0.0742. The van der Waals surface area contributed by atoms with Crippen LogP contribution in [0.15, 0.2) is 53.5 Å². The molecular weight excluding hydrogens is 238 g/mol. The smallest absolute Gasteiger partial charge is 0.186 e. The van der Waals surface area contributed by atoms with Crippen molar-refractivity contribution in [2.75, 3.05) is 0 Å². The van der Waals surface area contributed by atoms with Crippen molar-refractivity contribution in [1.29, 1.82) is 0 Å². The molecule has 0 aliphatic carbocycles. The lowest BCUT2D eigenvalue weighted by atomic mass is 10.2. The lowest BCUT2D eigenvalue weighted by Crippen LogP contribution is -2.22. The fourth-order valence-electron chi connectivity index (χ4n) is 1.64. The van der Waals surface area contributed by atoms with Gasteiger partial charge < -0.3 is 16.2 Å². The van der Waals surface area contributed by atoms with Gasteiger partial charge in [0.05, 0.1) is 6.54 Å². The van der Waals surface area contributed by atoms with Gasteiger partial charge in [-0.15, -0.1) is 0 Å². The van der Waals surface area contributed by atoms with Crippen LogP contribution in [-0.4, -0.2) is 5.96 Å². The highest BCUT2D eigenvalue weighted by atomic mass is 16.5. The van der Waals surface area contributed by atoms with Crippen molar-refractivity contribution in [1.82, 2.24) is 0 Å². The highest BCUT2D eigenvalue weighted by Crippen LogP contribution is 2.25. The zero-order chi connectivity index (χ0) is 13.7. The molecule has 0 aliphatic heterocycles. The Hall–Kier alpha value is -2.49. The van der Waals surface area contributed by atoms with Gasteiger partial charge in [-0.05, 0) is 25.1 Å². The number of guanidine groups is 1. The molecule has 0 aromatic heterocycles. The first-order chi connectivity index (χ1) is 9.15. The minimum atomic E-state index is 0.0742. The normalized spacial score (nSPS) is 9.95. The summed E-state index contributed by atoms with van der Waals surface area (Å²) in [5.41, 5.74) is 12.8. The van der Waals surface area contributed by atoms with Gasteiger partial charge in [-0.25, -0.2) is 4.99 Å². The molecular formula is C15H17N3O. The van der Waals surface area contributed by atoms with E-state index in [1.165, 1.54) is 5.56 Å². The molecule has 0 atom stereocenters. The van der Waals surface area contributed by atoms with Crippen LogP contribution in [0, 0.1) is 6.92 Å². The summed E-state index contributed by atoms with van der Waals surface area (Å²) in [6.45, 7) is 2.45. The quantitative estimate of drug-likeness (QED) is 0.651. The van der Waals surface area contributed by atoms with E-state index in [4.69, 9.17) is 16.2 Å². The molecule has 4 nitrogen and oxygen atoms in total. The van der Waals surface area contributed by atoms with Crippen LogP contribution >= 0.6 is 0 Å². The molecule has 98 valence electrons. The first-order valence-corrected chi connectivity index (χ1v) is 6.03. The average molecular weight is 255 g/mol. The molecule has 0 saturated carbocycles. The number of rotatable bonds is 4. The van der Waals surface area contributed by atoms with Gasteiger partial charge in [0.1, 0.15) is 11.5 Å². The fraction of sp³-hybridized carbons (Fsp3) is 0.133. The molecule has 0 heterocycles. The third-order valence-corrected chi connectivity index (χ3v) is 2.65. The lowest BCUT2D eigenvalue weighted by molar-refractivity contribution is 0.476. The van der Waals surface area contributed by atoms with Gasteiger partial charge in [-0.1, -0.05) is 35.9 Å². The zero-order valence-corrected chi connectivity index (χ0v) is 10.8. The molecule has 0 spiro atoms. The number of nitrogens with zero attached hydrogens (tertiary/aromatic N) is 1. The molecule has 0 unspecified atom stereocenters. The Morgan fingerprint density at radius 3 is 2.42 bits per heavy atom. The number of benzene rings is 2. The van der Waals surface area contributed by atoms with Gasteiger partial charge in [0.25, 0.3) is 0 Å². The van der Waals surface area contributed by atoms with E-state index in [0.717, 1.165) is 17.1 Å². The molecule has 4 heteroatoms. The molecule has 0 bridgehead atoms. The van der Waals surface area contributed by atoms with E-state index in [2.05, 4.69) is 4.99 Å². The van der Waals surface area contributed by atoms with Crippen LogP contribution in [0.2, 0.25) is 0 Å². The summed E-state index contributed by atoms with van der Waals surface area (Å²) in [7, 11) is 0. The fourth-order valence-corrected chi connectivity index (χ4v) is 1.64. The van der Waals surface area contributed by atoms with Gasteiger partial charge in [0, 0.05) is 5.56 Å². The number of ether oxygens (including phenoxy) is 1. The Kier molecular flexibility index (Phi) is 4.03. The molecule has 2 aromatic rings. The Morgan fingerprint density at radius 2 is 1.74 bits per heavy atom. The molecule has 0 fully saturated rings. The minimum Gasteiger partial charge on any atom is -0.457 e. The monoisotopic (exact) mass is 255 g/mol. The molecule has 0 saturated heterocycles. The van der Waals surface area contributed by atoms with Crippen LogP contribution in [0.5, 0.6) is 11.5 Å². The molecule has 4 N–H and O–H groups in total. The number of aryl methyl sites for hydroxylation is 1. The number of aliphatic imine (C=N–C) groups is 1. The van der Waals surface area contributed by atoms with Gasteiger partial charge in [-0.2, -0.15) is 0 Å². The highest BCUT2D eigenvalue weighted by molar-refractivity contribution is 5.75. The predicted octanol–water partition coefficient (Wildman–Crippen LogP) is 2.56. The Bertz CT molecular complexity index is 572. The van der Waals surface area contributed by atoms with E-state index >= 15 is 0 Å². The van der Waals surface area contributed by atoms with Crippen LogP contribution in [0.3, 0.4) is 0 Å². The third kappa shape index (κ3) is 3.74. The summed E-state index contributed by atoms with van der Waals surface area (Å²) < 4.78 is 5.85. The lowest BCUT2D eigenvalue weighted by Gasteiger charge is -2.10. The van der Waals surface area contributed by atoms with Crippen molar-refractivity contribution in [2.24, 2.45) is 16.5 Å². The van der Waals surface area contributed by atoms with E-state index in [0.29, 0.717) is 6.54 Å². The first-order valence-electron chi connectivity index (χ1n) is 6.03. The summed E-state index contributed by atoms with van der Waals surface area (Å²) in [5.74, 6) is 1.63. The number of hydrogen-bond acceptors (Lipinski definition) is 2. The number of nitrogens with two attached hydrogens (primary N) is 2. The van der Waals surface area contributed by atoms with E-state index in [1.807, 2.05) is 55.5 Å². The second kappa shape index (κ2) is 5.91. The summed E-state index contributed by atoms with van der Waals surface area (Å²) in [4.78, 5) is 4.00. The van der Waals surface area contributed by atoms with E-state index in [1.54, 1.807) is 0 Å². The van der Waals surface area contributed by atoms with Crippen molar-refractivity contribution >= 4 is 5.96 Å². The zero-order valence-electron chi connectivity index (χ0n) is 10.8. The molecule has 0 radical (unpaired) electrons. The first kappa shape index (κ1) is 13.0. The summed E-state index contributed by atoms with van der Waals surface area (Å²) in [6.07, 6.45) is 0. The molecule has 2 aromatic carbocycles. The molecule has 19 heavy (non-hydrogen) atoms. The second-order valence-electron chi connectivity index (χ2n) is 4.26. The van der Waals surface area contributed by atoms with Crippen molar-refractivity contribution in [3.05, 3.63) is 59.7 Å². The van der Waals surface area contributed by atoms with Crippen molar-refractivity contribution in [3.8, 4) is 11.5 Å². The summed E-state index contributed by atoms with van der Waals surface area (Å²) in [6, 6.07) is 15.6. The second-order valence-corrected chi connectivity index (χ2v) is 4.26. The average Bonchev–Trinajstić information content (AvgIpc) is 2.40. The van der Waals surface area contributed by atoms with Gasteiger partial charge in [-0.3, -0.25) is 0 Å². The van der Waals surface area contributed by atoms with Crippen LogP contribution in [0.25, 0.3) is 0 Å². The summed E-state index contributed by atoms with van der Waals surface area (Å²) in [5, 5.41) is 0. The number of hydrogen-bond donors (Lipinski definition) is 2. The molecule has 0 amide bonds. The van der Waals surface area contributed by atoms with Crippen molar-refractivity contribution in [2.45, 2.75) is 13.5 Å². The van der Waals surface area contributed by atoms with Gasteiger partial charge >= 0.3 is 0 Å². The Labute approximate surface area is 112 Å². The largest absolute Gasteiger partial charge is 0.457 e. The predicted molar refractivity (Wildman–Crippen MR) is 77.2 cm³/mol.